The van der Waals surface area contributed by atoms with Crippen molar-refractivity contribution in [2.75, 3.05) is 10.6 Å². The summed E-state index contributed by atoms with van der Waals surface area (Å²) in [7, 11) is 0. The summed E-state index contributed by atoms with van der Waals surface area (Å²) in [6.07, 6.45) is -5.34. The Hall–Kier alpha value is -4.15. The highest BCUT2D eigenvalue weighted by Gasteiger charge is 2.32. The van der Waals surface area contributed by atoms with E-state index < -0.39 is 40.9 Å². The van der Waals surface area contributed by atoms with E-state index in [4.69, 9.17) is 0 Å². The molecule has 0 atom stereocenters. The molecule has 5 nitrogen and oxygen atoms in total. The van der Waals surface area contributed by atoms with E-state index in [1.807, 2.05) is 0 Å². The molecule has 0 saturated heterocycles. The average Bonchev–Trinajstić information content (AvgIpc) is 2.76. The van der Waals surface area contributed by atoms with Crippen LogP contribution in [0.3, 0.4) is 0 Å². The van der Waals surface area contributed by atoms with Crippen LogP contribution in [-0.4, -0.2) is 16.8 Å². The number of carbonyl (C=O) groups excluding carboxylic acids is 2. The van der Waals surface area contributed by atoms with Gasteiger partial charge in [-0.25, -0.2) is 0 Å². The van der Waals surface area contributed by atoms with E-state index >= 15 is 0 Å². The number of nitrogens with zero attached hydrogens (tertiary/aromatic N) is 1. The highest BCUT2D eigenvalue weighted by molar-refractivity contribution is 6.28. The summed E-state index contributed by atoms with van der Waals surface area (Å²) in [6.45, 7) is 1.70. The molecule has 1 aromatic heterocycles. The average molecular weight is 493 g/mol. The molecule has 2 N–H and O–H groups in total. The van der Waals surface area contributed by atoms with Gasteiger partial charge in [0.1, 0.15) is 5.57 Å². The Labute approximate surface area is 195 Å². The minimum atomic E-state index is -4.66. The normalized spacial score (nSPS) is 11.5. The van der Waals surface area contributed by atoms with E-state index in [1.165, 1.54) is 24.5 Å². The third-order valence-corrected chi connectivity index (χ3v) is 4.59. The quantitative estimate of drug-likeness (QED) is 0.196. The Balaban J connectivity index is 1.94. The van der Waals surface area contributed by atoms with E-state index in [0.717, 1.165) is 30.3 Å². The molecule has 0 fully saturated rings. The maximum absolute atomic E-state index is 13.0. The minimum Gasteiger partial charge on any atom is -0.322 e. The number of pyridine rings is 1. The molecule has 3 aromatic rings. The molecule has 0 unspecified atom stereocenters. The van der Waals surface area contributed by atoms with Gasteiger partial charge in [-0.1, -0.05) is 12.1 Å². The molecule has 2 aromatic carbocycles. The SMILES string of the molecule is Cc1cncc(C=C(C(=O)Nc2cccc(C(F)(F)F)c2)C(=O)Nc2cccc(C(F)(F)F)c2)c1. The Bertz CT molecular complexity index is 1210. The molecule has 0 aliphatic rings. The third-order valence-electron chi connectivity index (χ3n) is 4.59. The van der Waals surface area contributed by atoms with Crippen LogP contribution in [0, 0.1) is 6.92 Å². The number of anilines is 2. The maximum Gasteiger partial charge on any atom is 0.416 e. The van der Waals surface area contributed by atoms with Gasteiger partial charge in [0.05, 0.1) is 11.1 Å². The summed E-state index contributed by atoms with van der Waals surface area (Å²) < 4.78 is 78.0. The molecule has 0 bridgehead atoms. The molecule has 0 saturated carbocycles. The van der Waals surface area contributed by atoms with Gasteiger partial charge in [-0.3, -0.25) is 14.6 Å². The topological polar surface area (TPSA) is 71.1 Å². The van der Waals surface area contributed by atoms with Gasteiger partial charge < -0.3 is 10.6 Å². The lowest BCUT2D eigenvalue weighted by Crippen LogP contribution is -2.25. The summed E-state index contributed by atoms with van der Waals surface area (Å²) in [6, 6.07) is 9.14. The molecule has 11 heteroatoms. The number of benzene rings is 2. The van der Waals surface area contributed by atoms with Gasteiger partial charge in [0, 0.05) is 23.8 Å². The fraction of sp³-hybridized carbons (Fsp3) is 0.125. The van der Waals surface area contributed by atoms with Crippen molar-refractivity contribution in [1.82, 2.24) is 4.98 Å². The molecule has 0 aliphatic heterocycles. The minimum absolute atomic E-state index is 0.232. The largest absolute Gasteiger partial charge is 0.416 e. The van der Waals surface area contributed by atoms with Crippen LogP contribution in [0.1, 0.15) is 22.3 Å². The predicted octanol–water partition coefficient (Wildman–Crippen LogP) is 6.09. The Morgan fingerprint density at radius 3 is 1.69 bits per heavy atom. The number of amides is 2. The zero-order valence-electron chi connectivity index (χ0n) is 18.0. The highest BCUT2D eigenvalue weighted by atomic mass is 19.4. The van der Waals surface area contributed by atoms with E-state index in [-0.39, 0.29) is 11.4 Å². The van der Waals surface area contributed by atoms with Crippen molar-refractivity contribution in [3.63, 3.8) is 0 Å². The number of carbonyl (C=O) groups is 2. The molecular formula is C24H17F6N3O2. The zero-order valence-corrected chi connectivity index (χ0v) is 18.0. The zero-order chi connectivity index (χ0) is 25.8. The van der Waals surface area contributed by atoms with Gasteiger partial charge in [0.25, 0.3) is 11.8 Å². The lowest BCUT2D eigenvalue weighted by molar-refractivity contribution is -0.138. The van der Waals surface area contributed by atoms with E-state index in [2.05, 4.69) is 15.6 Å². The lowest BCUT2D eigenvalue weighted by atomic mass is 10.1. The molecule has 3 rings (SSSR count). The molecule has 0 spiro atoms. The lowest BCUT2D eigenvalue weighted by Gasteiger charge is -2.13. The van der Waals surface area contributed by atoms with Crippen LogP contribution in [0.25, 0.3) is 6.08 Å². The van der Waals surface area contributed by atoms with E-state index in [1.54, 1.807) is 13.0 Å². The summed E-state index contributed by atoms with van der Waals surface area (Å²) in [5, 5.41) is 4.45. The molecule has 2 amide bonds. The smallest absolute Gasteiger partial charge is 0.322 e. The molecule has 0 aliphatic carbocycles. The van der Waals surface area contributed by atoms with Crippen molar-refractivity contribution in [1.29, 1.82) is 0 Å². The van der Waals surface area contributed by atoms with Gasteiger partial charge >= 0.3 is 12.4 Å². The number of alkyl halides is 6. The third kappa shape index (κ3) is 6.92. The fourth-order valence-electron chi connectivity index (χ4n) is 3.00. The maximum atomic E-state index is 13.0. The number of hydrogen-bond donors (Lipinski definition) is 2. The summed E-state index contributed by atoms with van der Waals surface area (Å²) >= 11 is 0. The summed E-state index contributed by atoms with van der Waals surface area (Å²) in [5.41, 5.74) is -2.05. The summed E-state index contributed by atoms with van der Waals surface area (Å²) in [4.78, 5) is 29.7. The van der Waals surface area contributed by atoms with Crippen LogP contribution in [0.5, 0.6) is 0 Å². The van der Waals surface area contributed by atoms with E-state index in [9.17, 15) is 35.9 Å². The second-order valence-corrected chi connectivity index (χ2v) is 7.42. The predicted molar refractivity (Wildman–Crippen MR) is 117 cm³/mol. The van der Waals surface area contributed by atoms with Gasteiger partial charge in [0.2, 0.25) is 0 Å². The highest BCUT2D eigenvalue weighted by Crippen LogP contribution is 2.32. The molecule has 182 valence electrons. The number of rotatable bonds is 5. The molecular weight excluding hydrogens is 476 g/mol. The molecule has 1 heterocycles. The van der Waals surface area contributed by atoms with Gasteiger partial charge in [-0.05, 0) is 66.6 Å². The van der Waals surface area contributed by atoms with E-state index in [0.29, 0.717) is 23.3 Å². The first-order chi connectivity index (χ1) is 16.3. The Morgan fingerprint density at radius 1 is 0.771 bits per heavy atom. The van der Waals surface area contributed by atoms with Crippen LogP contribution in [0.2, 0.25) is 0 Å². The van der Waals surface area contributed by atoms with Gasteiger partial charge in [-0.15, -0.1) is 0 Å². The number of hydrogen-bond acceptors (Lipinski definition) is 3. The Kier molecular flexibility index (Phi) is 7.28. The van der Waals surface area contributed by atoms with Crippen molar-refractivity contribution in [3.8, 4) is 0 Å². The van der Waals surface area contributed by atoms with Crippen LogP contribution < -0.4 is 10.6 Å². The first-order valence-electron chi connectivity index (χ1n) is 9.93. The number of aromatic nitrogens is 1. The van der Waals surface area contributed by atoms with Crippen LogP contribution >= 0.6 is 0 Å². The van der Waals surface area contributed by atoms with Crippen LogP contribution in [-0.2, 0) is 21.9 Å². The first kappa shape index (κ1) is 25.5. The van der Waals surface area contributed by atoms with Crippen molar-refractivity contribution >= 4 is 29.3 Å². The standard InChI is InChI=1S/C24H17F6N3O2/c1-14-8-15(13-31-12-14)9-20(21(34)32-18-6-2-4-16(10-18)23(25,26)27)22(35)33-19-7-3-5-17(11-19)24(28,29)30/h2-13H,1H3,(H,32,34)(H,33,35). The summed E-state index contributed by atoms with van der Waals surface area (Å²) in [5.74, 6) is -2.15. The van der Waals surface area contributed by atoms with Crippen molar-refractivity contribution in [3.05, 3.63) is 94.8 Å². The molecule has 35 heavy (non-hydrogen) atoms. The van der Waals surface area contributed by atoms with Crippen molar-refractivity contribution in [2.24, 2.45) is 0 Å². The number of halogens is 6. The Morgan fingerprint density at radius 2 is 1.26 bits per heavy atom. The number of nitrogens with one attached hydrogen (secondary N) is 2. The second kappa shape index (κ2) is 10.00. The van der Waals surface area contributed by atoms with Gasteiger partial charge in [-0.2, -0.15) is 26.3 Å². The first-order valence-corrected chi connectivity index (χ1v) is 9.93. The van der Waals surface area contributed by atoms with Crippen LogP contribution in [0.15, 0.2) is 72.6 Å². The van der Waals surface area contributed by atoms with Crippen molar-refractivity contribution < 1.29 is 35.9 Å². The fourth-order valence-corrected chi connectivity index (χ4v) is 3.00. The molecule has 0 radical (unpaired) electrons. The van der Waals surface area contributed by atoms with Crippen LogP contribution in [0.4, 0.5) is 37.7 Å². The van der Waals surface area contributed by atoms with Crippen molar-refractivity contribution in [2.45, 2.75) is 19.3 Å². The number of aryl methyl sites for hydroxylation is 1. The second-order valence-electron chi connectivity index (χ2n) is 7.42. The van der Waals surface area contributed by atoms with Gasteiger partial charge in [0.15, 0.2) is 0 Å². The monoisotopic (exact) mass is 493 g/mol.